The summed E-state index contributed by atoms with van der Waals surface area (Å²) in [6, 6.07) is 45.7. The highest BCUT2D eigenvalue weighted by Gasteiger charge is 2.44. The molecule has 0 aliphatic carbocycles. The minimum absolute atomic E-state index is 0.0738. The molecule has 1 heterocycles. The van der Waals surface area contributed by atoms with Gasteiger partial charge >= 0.3 is 6.09 Å². The number of phenols is 1. The van der Waals surface area contributed by atoms with Gasteiger partial charge in [0.25, 0.3) is 17.7 Å². The summed E-state index contributed by atoms with van der Waals surface area (Å²) in [7, 11) is 4.62. The number of fused-ring (bicyclic) bond motifs is 2. The first kappa shape index (κ1) is 65.9. The third kappa shape index (κ3) is 16.2. The predicted octanol–water partition coefficient (Wildman–Crippen LogP) is 10.4. The van der Waals surface area contributed by atoms with Crippen molar-refractivity contribution in [3.63, 3.8) is 0 Å². The molecular formula is C71H77N7O12. The van der Waals surface area contributed by atoms with Gasteiger partial charge in [-0.1, -0.05) is 91.9 Å². The molecule has 90 heavy (non-hydrogen) atoms. The molecule has 0 aromatic heterocycles. The second kappa shape index (κ2) is 30.3. The molecule has 0 saturated heterocycles. The number of hydrogen-bond acceptors (Lipinski definition) is 13. The van der Waals surface area contributed by atoms with Gasteiger partial charge < -0.3 is 54.1 Å². The Morgan fingerprint density at radius 2 is 1.39 bits per heavy atom. The van der Waals surface area contributed by atoms with Crippen LogP contribution in [0.2, 0.25) is 0 Å². The van der Waals surface area contributed by atoms with Crippen molar-refractivity contribution in [2.45, 2.75) is 78.2 Å². The summed E-state index contributed by atoms with van der Waals surface area (Å²) in [5.41, 5.74) is 6.19. The highest BCUT2D eigenvalue weighted by molar-refractivity contribution is 6.14. The fourth-order valence-electron chi connectivity index (χ4n) is 10.5. The van der Waals surface area contributed by atoms with Crippen molar-refractivity contribution < 1.29 is 57.6 Å². The summed E-state index contributed by atoms with van der Waals surface area (Å²) in [5, 5.41) is 27.5. The third-order valence-electron chi connectivity index (χ3n) is 15.5. The molecule has 3 atom stereocenters. The van der Waals surface area contributed by atoms with Crippen molar-refractivity contribution in [1.29, 1.82) is 5.26 Å². The molecule has 19 heteroatoms. The van der Waals surface area contributed by atoms with Crippen molar-refractivity contribution in [3.05, 3.63) is 197 Å². The first-order valence-electron chi connectivity index (χ1n) is 29.8. The van der Waals surface area contributed by atoms with Gasteiger partial charge in [0, 0.05) is 37.3 Å². The van der Waals surface area contributed by atoms with E-state index in [4.69, 9.17) is 23.7 Å². The number of carbonyl (C=O) groups is 6. The number of carbonyl (C=O) groups excluding carboxylic acids is 6. The molecule has 1 aliphatic rings. The summed E-state index contributed by atoms with van der Waals surface area (Å²) in [4.78, 5) is 89.6. The van der Waals surface area contributed by atoms with Gasteiger partial charge in [-0.15, -0.1) is 0 Å². The van der Waals surface area contributed by atoms with E-state index >= 15 is 9.59 Å². The predicted molar refractivity (Wildman–Crippen MR) is 345 cm³/mol. The number of likely N-dealkylation sites (N-methyl/N-ethyl adjacent to an activating group) is 2. The summed E-state index contributed by atoms with van der Waals surface area (Å²) >= 11 is 0. The molecule has 468 valence electrons. The molecule has 8 rings (SSSR count). The van der Waals surface area contributed by atoms with Crippen LogP contribution >= 0.6 is 0 Å². The second-order valence-electron chi connectivity index (χ2n) is 22.7. The lowest BCUT2D eigenvalue weighted by Gasteiger charge is -2.34. The van der Waals surface area contributed by atoms with Gasteiger partial charge in [-0.3, -0.25) is 28.9 Å². The fraction of sp³-hybridized carbons (Fsp3) is 0.310. The number of aromatic hydroxyl groups is 1. The van der Waals surface area contributed by atoms with Gasteiger partial charge in [0.15, 0.2) is 0 Å². The van der Waals surface area contributed by atoms with Gasteiger partial charge in [0.05, 0.1) is 69.1 Å². The van der Waals surface area contributed by atoms with Gasteiger partial charge in [0.1, 0.15) is 48.1 Å². The second-order valence-corrected chi connectivity index (χ2v) is 22.7. The van der Waals surface area contributed by atoms with Crippen LogP contribution in [0.5, 0.6) is 17.2 Å². The highest BCUT2D eigenvalue weighted by atomic mass is 16.6. The van der Waals surface area contributed by atoms with Gasteiger partial charge in [-0.25, -0.2) is 4.79 Å². The zero-order valence-corrected chi connectivity index (χ0v) is 52.3. The van der Waals surface area contributed by atoms with Crippen molar-refractivity contribution in [1.82, 2.24) is 20.4 Å². The third-order valence-corrected chi connectivity index (χ3v) is 15.5. The summed E-state index contributed by atoms with van der Waals surface area (Å²) in [6.45, 7) is 11.3. The van der Waals surface area contributed by atoms with Crippen LogP contribution < -0.4 is 29.9 Å². The number of nitriles is 1. The number of ether oxygens (including phenoxy) is 5. The Hall–Kier alpha value is -10.0. The topological polar surface area (TPSA) is 230 Å². The van der Waals surface area contributed by atoms with Crippen molar-refractivity contribution in [2.75, 3.05) is 77.1 Å². The van der Waals surface area contributed by atoms with E-state index in [1.807, 2.05) is 84.9 Å². The van der Waals surface area contributed by atoms with Crippen LogP contribution in [0.15, 0.2) is 158 Å². The number of nitrogens with one attached hydrogen (secondary N) is 2. The highest BCUT2D eigenvalue weighted by Crippen LogP contribution is 2.41. The number of amides is 6. The van der Waals surface area contributed by atoms with Gasteiger partial charge in [0.2, 0.25) is 11.8 Å². The van der Waals surface area contributed by atoms with E-state index in [0.29, 0.717) is 23.6 Å². The number of phenolic OH excluding ortho intramolecular Hbond substituents is 1. The maximum atomic E-state index is 15.3. The van der Waals surface area contributed by atoms with Crippen LogP contribution in [-0.2, 0) is 35.1 Å². The van der Waals surface area contributed by atoms with Crippen LogP contribution in [0.4, 0.5) is 16.2 Å². The lowest BCUT2D eigenvalue weighted by atomic mass is 9.88. The average molecular weight is 1220 g/mol. The minimum Gasteiger partial charge on any atom is -0.508 e. The maximum absolute atomic E-state index is 15.3. The SMILES string of the molecule is CCC(=C(c1ccc(O)cc1)c1ccc(OCCN(C)C(=O)COCCOCCNC(=O)c2ccc(C(=O)N3c4cc(C#N)ccc4N(Cc4c(OC)ccc5ccccc45)C(=O)C(NC(=O)C(C)N(C)C(=O)OC(C)(C)C)C3C)cc2)cc1)c1ccccc1. The van der Waals surface area contributed by atoms with E-state index in [-0.39, 0.29) is 85.8 Å². The van der Waals surface area contributed by atoms with E-state index in [1.165, 1.54) is 71.7 Å². The van der Waals surface area contributed by atoms with Crippen LogP contribution in [0.3, 0.4) is 0 Å². The molecule has 6 amide bonds. The average Bonchev–Trinajstić information content (AvgIpc) is 1.58. The monoisotopic (exact) mass is 1220 g/mol. The van der Waals surface area contributed by atoms with E-state index in [1.54, 1.807) is 65.1 Å². The smallest absolute Gasteiger partial charge is 0.410 e. The Bertz CT molecular complexity index is 3770. The van der Waals surface area contributed by atoms with E-state index in [9.17, 15) is 29.5 Å². The van der Waals surface area contributed by atoms with E-state index in [0.717, 1.165) is 44.4 Å². The molecule has 0 bridgehead atoms. The molecule has 0 radical (unpaired) electrons. The number of anilines is 2. The first-order valence-corrected chi connectivity index (χ1v) is 29.8. The minimum atomic E-state index is -1.41. The number of methoxy groups -OCH3 is 1. The molecule has 3 unspecified atom stereocenters. The lowest BCUT2D eigenvalue weighted by molar-refractivity contribution is -0.135. The molecule has 7 aromatic carbocycles. The molecule has 1 aliphatic heterocycles. The van der Waals surface area contributed by atoms with Crippen molar-refractivity contribution in [2.24, 2.45) is 0 Å². The van der Waals surface area contributed by atoms with Crippen LogP contribution in [-0.4, -0.2) is 142 Å². The lowest BCUT2D eigenvalue weighted by Crippen LogP contribution is -2.60. The van der Waals surface area contributed by atoms with Crippen LogP contribution in [0, 0.1) is 11.3 Å². The van der Waals surface area contributed by atoms with Gasteiger partial charge in [-0.05, 0) is 152 Å². The molecule has 0 spiro atoms. The molecule has 19 nitrogen and oxygen atoms in total. The molecule has 0 saturated carbocycles. The van der Waals surface area contributed by atoms with Crippen LogP contribution in [0.25, 0.3) is 21.9 Å². The maximum Gasteiger partial charge on any atom is 0.410 e. The quantitative estimate of drug-likeness (QED) is 0.0378. The Balaban J connectivity index is 0.852. The number of benzene rings is 7. The van der Waals surface area contributed by atoms with E-state index in [2.05, 4.69) is 35.8 Å². The molecule has 0 fully saturated rings. The molecular weight excluding hydrogens is 1140 g/mol. The Morgan fingerprint density at radius 3 is 2.06 bits per heavy atom. The number of hydrogen-bond donors (Lipinski definition) is 3. The Kier molecular flexibility index (Phi) is 22.2. The Morgan fingerprint density at radius 1 is 0.744 bits per heavy atom. The fourth-order valence-corrected chi connectivity index (χ4v) is 10.5. The first-order chi connectivity index (χ1) is 43.2. The standard InChI is InChI=1S/C71H77N7O12/c1-10-57(49-16-12-11-13-17-49)64(51-25-30-55(79)31-26-51)52-27-32-56(33-28-52)89-39-37-75(7)63(80)45-88-41-40-87-38-36-73-67(82)53-21-23-54(24-22-53)68(83)78-46(2)65(74-66(81)47(3)76(8)70(85)90-71(4,5)6)69(84)77(60-34-20-48(43-72)42-61(60)78)44-59-58-19-15-14-18-50(58)29-35-62(59)86-9/h11-35,42,46-47,65,79H,10,36-41,44-45H2,1-9H3,(H,73,82)(H,74,81). The number of allylic oxidation sites excluding steroid dienone is 1. The Labute approximate surface area is 525 Å². The van der Waals surface area contributed by atoms with Crippen molar-refractivity contribution in [3.8, 4) is 23.3 Å². The normalized spacial score (nSPS) is 14.5. The summed E-state index contributed by atoms with van der Waals surface area (Å²) < 4.78 is 28.6. The largest absolute Gasteiger partial charge is 0.508 e. The van der Waals surface area contributed by atoms with Crippen molar-refractivity contribution >= 4 is 68.9 Å². The zero-order valence-electron chi connectivity index (χ0n) is 52.3. The van der Waals surface area contributed by atoms with Gasteiger partial charge in [-0.2, -0.15) is 5.26 Å². The molecule has 3 N–H and O–H groups in total. The number of rotatable bonds is 24. The number of nitrogens with zero attached hydrogens (tertiary/aromatic N) is 5. The van der Waals surface area contributed by atoms with E-state index < -0.39 is 53.4 Å². The molecule has 7 aromatic rings. The zero-order chi connectivity index (χ0) is 64.6. The summed E-state index contributed by atoms with van der Waals surface area (Å²) in [5.74, 6) is -1.20. The van der Waals surface area contributed by atoms with Crippen LogP contribution in [0.1, 0.15) is 96.5 Å². The summed E-state index contributed by atoms with van der Waals surface area (Å²) in [6.07, 6.45) is 0.0366.